The lowest BCUT2D eigenvalue weighted by Crippen LogP contribution is -2.41. The Morgan fingerprint density at radius 3 is 2.73 bits per heavy atom. The molecular formula is C16H18Cl2N4O4. The van der Waals surface area contributed by atoms with E-state index in [4.69, 9.17) is 27.9 Å². The molecule has 2 unspecified atom stereocenters. The quantitative estimate of drug-likeness (QED) is 0.572. The van der Waals surface area contributed by atoms with Crippen LogP contribution in [0.5, 0.6) is 0 Å². The fourth-order valence-corrected chi connectivity index (χ4v) is 3.45. The molecule has 2 aliphatic heterocycles. The number of nitrogens with zero attached hydrogens (tertiary/aromatic N) is 4. The number of hydrazone groups is 1. The van der Waals surface area contributed by atoms with Crippen molar-refractivity contribution in [2.75, 3.05) is 32.8 Å². The van der Waals surface area contributed by atoms with Gasteiger partial charge < -0.3 is 9.64 Å². The van der Waals surface area contributed by atoms with Crippen LogP contribution in [-0.2, 0) is 4.74 Å². The molecule has 0 bridgehead atoms. The summed E-state index contributed by atoms with van der Waals surface area (Å²) in [5.74, 6) is 0.242. The van der Waals surface area contributed by atoms with E-state index in [9.17, 15) is 14.9 Å². The number of nitro groups is 1. The number of halogens is 2. The van der Waals surface area contributed by atoms with Crippen LogP contribution in [0.25, 0.3) is 0 Å². The van der Waals surface area contributed by atoms with Gasteiger partial charge in [-0.1, -0.05) is 30.1 Å². The lowest BCUT2D eigenvalue weighted by Gasteiger charge is -2.23. The summed E-state index contributed by atoms with van der Waals surface area (Å²) in [4.78, 5) is 26.9. The Morgan fingerprint density at radius 1 is 1.35 bits per heavy atom. The molecule has 1 aromatic rings. The molecule has 8 nitrogen and oxygen atoms in total. The monoisotopic (exact) mass is 400 g/mol. The lowest BCUT2D eigenvalue weighted by molar-refractivity contribution is -0.486. The molecule has 3 rings (SSSR count). The van der Waals surface area contributed by atoms with E-state index in [2.05, 4.69) is 12.0 Å². The second kappa shape index (κ2) is 7.77. The third-order valence-corrected chi connectivity index (χ3v) is 5.41. The zero-order valence-electron chi connectivity index (χ0n) is 14.1. The van der Waals surface area contributed by atoms with Crippen molar-refractivity contribution in [2.45, 2.75) is 6.92 Å². The number of rotatable bonds is 4. The summed E-state index contributed by atoms with van der Waals surface area (Å²) >= 11 is 11.9. The molecule has 0 aliphatic carbocycles. The van der Waals surface area contributed by atoms with Crippen LogP contribution in [0, 0.1) is 22.0 Å². The van der Waals surface area contributed by atoms with E-state index in [1.165, 1.54) is 23.1 Å². The van der Waals surface area contributed by atoms with Gasteiger partial charge in [0.1, 0.15) is 5.10 Å². The molecule has 0 saturated carbocycles. The molecule has 0 spiro atoms. The van der Waals surface area contributed by atoms with E-state index in [1.807, 2.05) is 0 Å². The van der Waals surface area contributed by atoms with Gasteiger partial charge in [-0.25, -0.2) is 10.1 Å². The van der Waals surface area contributed by atoms with E-state index in [0.29, 0.717) is 49.4 Å². The van der Waals surface area contributed by atoms with E-state index in [0.717, 1.165) is 0 Å². The average Bonchev–Trinajstić information content (AvgIpc) is 3.16. The Hall–Kier alpha value is -1.90. The molecule has 0 aromatic heterocycles. The van der Waals surface area contributed by atoms with Crippen LogP contribution in [-0.4, -0.2) is 59.5 Å². The minimum absolute atomic E-state index is 0.0465. The summed E-state index contributed by atoms with van der Waals surface area (Å²) in [6, 6.07) is 4.51. The molecule has 2 atom stereocenters. The highest BCUT2D eigenvalue weighted by molar-refractivity contribution is 6.42. The predicted molar refractivity (Wildman–Crippen MR) is 97.0 cm³/mol. The van der Waals surface area contributed by atoms with Gasteiger partial charge in [0.05, 0.1) is 16.7 Å². The van der Waals surface area contributed by atoms with Gasteiger partial charge in [0.15, 0.2) is 5.03 Å². The van der Waals surface area contributed by atoms with Crippen molar-refractivity contribution in [1.29, 1.82) is 0 Å². The molecule has 26 heavy (non-hydrogen) atoms. The number of hydrogen-bond acceptors (Lipinski definition) is 4. The largest absolute Gasteiger partial charge is 0.381 e. The molecule has 10 heteroatoms. The third-order valence-electron chi connectivity index (χ3n) is 4.67. The van der Waals surface area contributed by atoms with Crippen LogP contribution in [0.1, 0.15) is 17.3 Å². The molecule has 2 saturated heterocycles. The van der Waals surface area contributed by atoms with E-state index in [1.54, 1.807) is 4.90 Å². The van der Waals surface area contributed by atoms with Crippen molar-refractivity contribution in [3.05, 3.63) is 43.9 Å². The zero-order chi connectivity index (χ0) is 18.8. The minimum atomic E-state index is -0.780. The van der Waals surface area contributed by atoms with Gasteiger partial charge in [-0.05, 0) is 24.1 Å². The normalized spacial score (nSPS) is 24.5. The molecule has 140 valence electrons. The van der Waals surface area contributed by atoms with Crippen molar-refractivity contribution in [2.24, 2.45) is 16.9 Å². The summed E-state index contributed by atoms with van der Waals surface area (Å²) in [5, 5.41) is 14.3. The Labute approximate surface area is 160 Å². The molecular weight excluding hydrogens is 383 g/mol. The fraction of sp³-hybridized carbons (Fsp3) is 0.500. The first-order valence-electron chi connectivity index (χ1n) is 8.19. The summed E-state index contributed by atoms with van der Waals surface area (Å²) < 4.78 is 5.46. The summed E-state index contributed by atoms with van der Waals surface area (Å²) in [6.45, 7) is 4.70. The van der Waals surface area contributed by atoms with Crippen LogP contribution in [0.3, 0.4) is 0 Å². The van der Waals surface area contributed by atoms with Gasteiger partial charge in [-0.15, -0.1) is 0 Å². The maximum Gasteiger partial charge on any atom is 0.281 e. The predicted octanol–water partition coefficient (Wildman–Crippen LogP) is 2.58. The topological polar surface area (TPSA) is 88.3 Å². The smallest absolute Gasteiger partial charge is 0.281 e. The maximum atomic E-state index is 12.8. The second-order valence-electron chi connectivity index (χ2n) is 6.44. The van der Waals surface area contributed by atoms with E-state index < -0.39 is 10.9 Å². The summed E-state index contributed by atoms with van der Waals surface area (Å²) in [6.07, 6.45) is 0. The molecule has 0 radical (unpaired) electrons. The van der Waals surface area contributed by atoms with Crippen molar-refractivity contribution >= 4 is 35.1 Å². The number of hydrogen-bond donors (Lipinski definition) is 0. The Bertz CT molecular complexity index is 758. The van der Waals surface area contributed by atoms with Gasteiger partial charge in [-0.3, -0.25) is 9.69 Å². The van der Waals surface area contributed by atoms with Crippen LogP contribution in [0.15, 0.2) is 23.3 Å². The number of guanidine groups is 1. The molecule has 2 fully saturated rings. The van der Waals surface area contributed by atoms with Crippen LogP contribution < -0.4 is 0 Å². The number of carbonyl (C=O) groups excluding carboxylic acids is 1. The average molecular weight is 401 g/mol. The van der Waals surface area contributed by atoms with Gasteiger partial charge in [0.25, 0.3) is 11.9 Å². The highest BCUT2D eigenvalue weighted by atomic mass is 35.5. The minimum Gasteiger partial charge on any atom is -0.381 e. The number of carbonyl (C=O) groups is 1. The first-order chi connectivity index (χ1) is 12.4. The van der Waals surface area contributed by atoms with Gasteiger partial charge >= 0.3 is 0 Å². The number of ether oxygens (including phenoxy) is 1. The highest BCUT2D eigenvalue weighted by Crippen LogP contribution is 2.26. The number of amides is 1. The molecule has 2 heterocycles. The Morgan fingerprint density at radius 2 is 2.12 bits per heavy atom. The van der Waals surface area contributed by atoms with E-state index in [-0.39, 0.29) is 16.9 Å². The van der Waals surface area contributed by atoms with Crippen molar-refractivity contribution in [3.63, 3.8) is 0 Å². The van der Waals surface area contributed by atoms with Gasteiger partial charge in [0.2, 0.25) is 0 Å². The van der Waals surface area contributed by atoms with E-state index >= 15 is 0 Å². The molecule has 2 aliphatic rings. The molecule has 1 aromatic carbocycles. The Balaban J connectivity index is 1.83. The van der Waals surface area contributed by atoms with Crippen LogP contribution in [0.4, 0.5) is 0 Å². The van der Waals surface area contributed by atoms with Crippen LogP contribution >= 0.6 is 23.2 Å². The van der Waals surface area contributed by atoms with Crippen molar-refractivity contribution in [3.8, 4) is 0 Å². The first-order valence-corrected chi connectivity index (χ1v) is 8.95. The van der Waals surface area contributed by atoms with Gasteiger partial charge in [-0.2, -0.15) is 0 Å². The SMILES string of the molecule is CC1COCC1CN1CCN(C(=O)c2ccc(Cl)c(Cl)c2)C1=N[N+](=O)[O-]. The highest BCUT2D eigenvalue weighted by Gasteiger charge is 2.37. The zero-order valence-corrected chi connectivity index (χ0v) is 15.6. The molecule has 1 amide bonds. The second-order valence-corrected chi connectivity index (χ2v) is 7.26. The van der Waals surface area contributed by atoms with Crippen molar-refractivity contribution < 1.29 is 14.6 Å². The Kier molecular flexibility index (Phi) is 5.64. The summed E-state index contributed by atoms with van der Waals surface area (Å²) in [7, 11) is 0. The standard InChI is InChI=1S/C16H18Cl2N4O4/c1-10-8-26-9-12(10)7-20-4-5-21(16(20)19-22(24)25)15(23)11-2-3-13(17)14(18)6-11/h2-3,6,10,12H,4-5,7-9H2,1H3. The fourth-order valence-electron chi connectivity index (χ4n) is 3.15. The summed E-state index contributed by atoms with van der Waals surface area (Å²) in [5.41, 5.74) is 0.301. The van der Waals surface area contributed by atoms with Gasteiger partial charge in [0, 0.05) is 37.7 Å². The number of benzene rings is 1. The van der Waals surface area contributed by atoms with Crippen LogP contribution in [0.2, 0.25) is 10.0 Å². The first kappa shape index (κ1) is 18.9. The lowest BCUT2D eigenvalue weighted by atomic mass is 9.98. The van der Waals surface area contributed by atoms with Crippen molar-refractivity contribution in [1.82, 2.24) is 9.80 Å². The molecule has 0 N–H and O–H groups in total. The third kappa shape index (κ3) is 3.92. The maximum absolute atomic E-state index is 12.8.